The molecule has 144 valence electrons. The summed E-state index contributed by atoms with van der Waals surface area (Å²) in [5, 5.41) is 0.661. The molecule has 0 aliphatic rings. The molecule has 0 fully saturated rings. The van der Waals surface area contributed by atoms with E-state index in [9.17, 15) is 9.59 Å². The molecule has 0 amide bonds. The quantitative estimate of drug-likeness (QED) is 0.0956. The summed E-state index contributed by atoms with van der Waals surface area (Å²) >= 11 is 1.64. The first-order chi connectivity index (χ1) is 13.0. The SMILES string of the molecule is C=C(/C=C\C=C/C)C(=O)P=C(CCCCCC)C(=O)c1ccc(SC)cc1. The second kappa shape index (κ2) is 13.5. The predicted molar refractivity (Wildman–Crippen MR) is 121 cm³/mol. The maximum Gasteiger partial charge on any atom is 0.211 e. The van der Waals surface area contributed by atoms with Gasteiger partial charge in [0.15, 0.2) is 5.78 Å². The highest BCUT2D eigenvalue weighted by Crippen LogP contribution is 2.20. The van der Waals surface area contributed by atoms with Crippen molar-refractivity contribution in [3.05, 3.63) is 66.3 Å². The van der Waals surface area contributed by atoms with Crippen molar-refractivity contribution < 1.29 is 9.59 Å². The molecule has 0 atom stereocenters. The normalized spacial score (nSPS) is 12.0. The van der Waals surface area contributed by atoms with Crippen LogP contribution in [0.1, 0.15) is 56.3 Å². The molecule has 1 aromatic rings. The number of unbranched alkanes of at least 4 members (excludes halogenated alkanes) is 3. The zero-order valence-electron chi connectivity index (χ0n) is 16.5. The molecule has 4 heteroatoms. The van der Waals surface area contributed by atoms with Crippen LogP contribution >= 0.6 is 20.0 Å². The van der Waals surface area contributed by atoms with Crippen molar-refractivity contribution in [1.82, 2.24) is 0 Å². The van der Waals surface area contributed by atoms with Crippen LogP contribution in [-0.2, 0) is 4.79 Å². The Morgan fingerprint density at radius 1 is 1.11 bits per heavy atom. The summed E-state index contributed by atoms with van der Waals surface area (Å²) in [5.41, 5.74) is 0.954. The number of carbonyl (C=O) groups is 2. The van der Waals surface area contributed by atoms with Gasteiger partial charge in [0.1, 0.15) is 0 Å². The van der Waals surface area contributed by atoms with E-state index in [1.165, 1.54) is 0 Å². The van der Waals surface area contributed by atoms with E-state index in [1.54, 1.807) is 23.9 Å². The fraction of sp³-hybridized carbons (Fsp3) is 0.348. The van der Waals surface area contributed by atoms with Gasteiger partial charge in [-0.15, -0.1) is 11.8 Å². The summed E-state index contributed by atoms with van der Waals surface area (Å²) in [6, 6.07) is 7.59. The lowest BCUT2D eigenvalue weighted by Gasteiger charge is -2.07. The molecular weight excluding hydrogens is 371 g/mol. The molecular formula is C23H29O2PS. The maximum atomic E-state index is 13.0. The smallest absolute Gasteiger partial charge is 0.211 e. The number of Topliss-reactive ketones (excluding diaryl/α,β-unsaturated/α-hetero) is 1. The highest BCUT2D eigenvalue weighted by molar-refractivity contribution is 7.98. The molecule has 0 spiro atoms. The van der Waals surface area contributed by atoms with E-state index in [4.69, 9.17) is 0 Å². The second-order valence-corrected chi connectivity index (χ2v) is 8.19. The predicted octanol–water partition coefficient (Wildman–Crippen LogP) is 6.90. The van der Waals surface area contributed by atoms with E-state index in [0.29, 0.717) is 31.1 Å². The third-order valence-corrected chi connectivity index (χ3v) is 5.92. The Balaban J connectivity index is 3.00. The Morgan fingerprint density at radius 3 is 2.41 bits per heavy atom. The minimum Gasteiger partial charge on any atom is -0.289 e. The first kappa shape index (κ1) is 23.3. The average Bonchev–Trinajstić information content (AvgIpc) is 2.69. The molecule has 0 unspecified atom stereocenters. The van der Waals surface area contributed by atoms with E-state index in [-0.39, 0.29) is 11.3 Å². The standard InChI is InChI=1S/C23H29O2PS/c1-5-7-9-11-13-21(26-23(25)18(3)12-10-8-6-2)22(24)19-14-16-20(27-4)17-15-19/h6,8,10,12,14-17H,3,5,7,9,11,13H2,1-2,4H3/b8-6-,12-10-. The van der Waals surface area contributed by atoms with Crippen molar-refractivity contribution in [2.24, 2.45) is 0 Å². The largest absolute Gasteiger partial charge is 0.289 e. The molecule has 0 bridgehead atoms. The number of hydrogen-bond acceptors (Lipinski definition) is 3. The monoisotopic (exact) mass is 400 g/mol. The van der Waals surface area contributed by atoms with Gasteiger partial charge < -0.3 is 0 Å². The molecule has 27 heavy (non-hydrogen) atoms. The van der Waals surface area contributed by atoms with Crippen LogP contribution in [0.15, 0.2) is 65.6 Å². The minimum absolute atomic E-state index is 0.0283. The van der Waals surface area contributed by atoms with Crippen LogP contribution in [0, 0.1) is 0 Å². The first-order valence-corrected chi connectivity index (χ1v) is 11.4. The molecule has 0 aliphatic carbocycles. The van der Waals surface area contributed by atoms with E-state index < -0.39 is 0 Å². The number of allylic oxidation sites excluding steroid dienone is 5. The van der Waals surface area contributed by atoms with Gasteiger partial charge in [-0.05, 0) is 58.5 Å². The zero-order valence-corrected chi connectivity index (χ0v) is 18.2. The topological polar surface area (TPSA) is 34.1 Å². The molecule has 0 aliphatic heterocycles. The average molecular weight is 401 g/mol. The Labute approximate surface area is 169 Å². The number of benzene rings is 1. The summed E-state index contributed by atoms with van der Waals surface area (Å²) in [5.74, 6) is -0.0283. The van der Waals surface area contributed by atoms with Gasteiger partial charge in [0.2, 0.25) is 5.52 Å². The zero-order chi connectivity index (χ0) is 20.1. The van der Waals surface area contributed by atoms with Crippen LogP contribution in [0.2, 0.25) is 0 Å². The number of ketones is 1. The van der Waals surface area contributed by atoms with Crippen molar-refractivity contribution in [1.29, 1.82) is 0 Å². The Morgan fingerprint density at radius 2 is 1.81 bits per heavy atom. The number of rotatable bonds is 12. The van der Waals surface area contributed by atoms with Gasteiger partial charge in [-0.3, -0.25) is 9.59 Å². The summed E-state index contributed by atoms with van der Waals surface area (Å²) in [6.45, 7) is 7.91. The van der Waals surface area contributed by atoms with Crippen molar-refractivity contribution >= 4 is 36.6 Å². The summed E-state index contributed by atoms with van der Waals surface area (Å²) in [7, 11) is 0.441. The van der Waals surface area contributed by atoms with Crippen LogP contribution in [0.5, 0.6) is 0 Å². The van der Waals surface area contributed by atoms with E-state index in [0.717, 1.165) is 30.6 Å². The van der Waals surface area contributed by atoms with Gasteiger partial charge in [0.05, 0.1) is 0 Å². The van der Waals surface area contributed by atoms with Gasteiger partial charge in [-0.25, -0.2) is 0 Å². The van der Waals surface area contributed by atoms with Gasteiger partial charge in [-0.1, -0.05) is 57.1 Å². The van der Waals surface area contributed by atoms with Crippen molar-refractivity contribution in [2.45, 2.75) is 50.8 Å². The van der Waals surface area contributed by atoms with Crippen molar-refractivity contribution in [3.63, 3.8) is 0 Å². The highest BCUT2D eigenvalue weighted by Gasteiger charge is 2.15. The first-order valence-electron chi connectivity index (χ1n) is 9.32. The van der Waals surface area contributed by atoms with Gasteiger partial charge in [-0.2, -0.15) is 0 Å². The van der Waals surface area contributed by atoms with E-state index >= 15 is 0 Å². The molecule has 0 aromatic heterocycles. The van der Waals surface area contributed by atoms with Crippen molar-refractivity contribution in [2.75, 3.05) is 6.26 Å². The second-order valence-electron chi connectivity index (χ2n) is 6.14. The summed E-state index contributed by atoms with van der Waals surface area (Å²) in [4.78, 5) is 26.6. The van der Waals surface area contributed by atoms with E-state index in [1.807, 2.05) is 49.6 Å². The summed E-state index contributed by atoms with van der Waals surface area (Å²) in [6.07, 6.45) is 14.2. The Bertz CT molecular complexity index is 727. The molecule has 0 heterocycles. The van der Waals surface area contributed by atoms with Gasteiger partial charge in [0, 0.05) is 21.3 Å². The van der Waals surface area contributed by atoms with E-state index in [2.05, 4.69) is 13.5 Å². The fourth-order valence-electron chi connectivity index (χ4n) is 2.40. The molecule has 0 radical (unpaired) electrons. The summed E-state index contributed by atoms with van der Waals surface area (Å²) < 4.78 is 0. The molecule has 0 saturated carbocycles. The molecule has 0 N–H and O–H groups in total. The van der Waals surface area contributed by atoms with Crippen LogP contribution in [0.4, 0.5) is 0 Å². The van der Waals surface area contributed by atoms with Crippen LogP contribution < -0.4 is 0 Å². The number of carbonyl (C=O) groups excluding carboxylic acids is 2. The lowest BCUT2D eigenvalue weighted by Crippen LogP contribution is -2.13. The minimum atomic E-state index is -0.115. The van der Waals surface area contributed by atoms with Crippen LogP contribution in [0.3, 0.4) is 0 Å². The maximum absolute atomic E-state index is 13.0. The molecule has 1 rings (SSSR count). The third-order valence-electron chi connectivity index (χ3n) is 3.99. The molecule has 0 saturated heterocycles. The molecule has 1 aromatic carbocycles. The van der Waals surface area contributed by atoms with Crippen LogP contribution in [0.25, 0.3) is 0 Å². The van der Waals surface area contributed by atoms with Crippen molar-refractivity contribution in [3.8, 4) is 0 Å². The Hall–Kier alpha value is -1.70. The van der Waals surface area contributed by atoms with Gasteiger partial charge in [0.25, 0.3) is 0 Å². The third kappa shape index (κ3) is 8.69. The fourth-order valence-corrected chi connectivity index (χ4v) is 3.77. The van der Waals surface area contributed by atoms with Crippen LogP contribution in [-0.4, -0.2) is 22.9 Å². The Kier molecular flexibility index (Phi) is 11.6. The lowest BCUT2D eigenvalue weighted by atomic mass is 10.0. The molecule has 2 nitrogen and oxygen atoms in total. The number of thioether (sulfide) groups is 1. The lowest BCUT2D eigenvalue weighted by molar-refractivity contribution is -0.107. The van der Waals surface area contributed by atoms with Gasteiger partial charge >= 0.3 is 0 Å². The highest BCUT2D eigenvalue weighted by atomic mass is 32.2. The number of hydrogen-bond donors (Lipinski definition) is 0.